The van der Waals surface area contributed by atoms with Gasteiger partial charge in [0, 0.05) is 0 Å². The second-order valence-corrected chi connectivity index (χ2v) is 21.7. The lowest BCUT2D eigenvalue weighted by atomic mass is 10.0. The van der Waals surface area contributed by atoms with Crippen LogP contribution in [0.3, 0.4) is 0 Å². The highest BCUT2D eigenvalue weighted by Gasteiger charge is 2.20. The quantitative estimate of drug-likeness (QED) is 0.0361. The molecule has 0 saturated heterocycles. The third kappa shape index (κ3) is 54.2. The first-order valence-corrected chi connectivity index (χ1v) is 31.1. The van der Waals surface area contributed by atoms with Gasteiger partial charge in [0.25, 0.3) is 0 Å². The van der Waals surface area contributed by atoms with Crippen LogP contribution in [0.1, 0.15) is 348 Å². The Kier molecular flexibility index (Phi) is 57.4. The molecule has 0 saturated carbocycles. The lowest BCUT2D eigenvalue weighted by molar-refractivity contribution is -0.124. The molecule has 0 fully saturated rings. The maximum atomic E-state index is 12.5. The lowest BCUT2D eigenvalue weighted by Gasteiger charge is -2.21. The highest BCUT2D eigenvalue weighted by Crippen LogP contribution is 2.19. The molecular formula is C63H123NO4. The van der Waals surface area contributed by atoms with Crippen molar-refractivity contribution < 1.29 is 20.1 Å². The van der Waals surface area contributed by atoms with Crippen LogP contribution in [0.5, 0.6) is 0 Å². The van der Waals surface area contributed by atoms with E-state index in [1.54, 1.807) is 6.08 Å². The predicted octanol–water partition coefficient (Wildman–Crippen LogP) is 19.6. The summed E-state index contributed by atoms with van der Waals surface area (Å²) in [4.78, 5) is 12.5. The van der Waals surface area contributed by atoms with E-state index in [0.717, 1.165) is 32.1 Å². The lowest BCUT2D eigenvalue weighted by Crippen LogP contribution is -2.45. The fourth-order valence-corrected chi connectivity index (χ4v) is 10.0. The molecule has 0 aliphatic rings. The van der Waals surface area contributed by atoms with Crippen LogP contribution in [0.25, 0.3) is 0 Å². The molecular weight excluding hydrogens is 835 g/mol. The van der Waals surface area contributed by atoms with E-state index in [9.17, 15) is 20.1 Å². The molecule has 404 valence electrons. The van der Waals surface area contributed by atoms with Crippen molar-refractivity contribution in [3.05, 3.63) is 24.3 Å². The number of amides is 1. The van der Waals surface area contributed by atoms with Crippen molar-refractivity contribution in [2.24, 2.45) is 0 Å². The number of aliphatic hydroxyl groups excluding tert-OH is 3. The Morgan fingerprint density at radius 2 is 0.632 bits per heavy atom. The van der Waals surface area contributed by atoms with Gasteiger partial charge in [0.15, 0.2) is 0 Å². The van der Waals surface area contributed by atoms with Crippen molar-refractivity contribution in [1.29, 1.82) is 0 Å². The maximum Gasteiger partial charge on any atom is 0.222 e. The zero-order valence-electron chi connectivity index (χ0n) is 46.3. The minimum absolute atomic E-state index is 0.0107. The molecule has 0 radical (unpaired) electrons. The molecule has 5 heteroatoms. The molecule has 0 bridgehead atoms. The molecule has 0 aromatic heterocycles. The second-order valence-electron chi connectivity index (χ2n) is 21.7. The number of hydrogen-bond donors (Lipinski definition) is 4. The Balaban J connectivity index is 3.54. The minimum atomic E-state index is -0.951. The van der Waals surface area contributed by atoms with Crippen molar-refractivity contribution in [3.8, 4) is 0 Å². The van der Waals surface area contributed by atoms with Crippen molar-refractivity contribution >= 4 is 5.91 Å². The molecule has 3 atom stereocenters. The topological polar surface area (TPSA) is 89.8 Å². The summed E-state index contributed by atoms with van der Waals surface area (Å²) < 4.78 is 0. The van der Waals surface area contributed by atoms with Gasteiger partial charge in [0.05, 0.1) is 31.3 Å². The summed E-state index contributed by atoms with van der Waals surface area (Å²) in [6.07, 6.45) is 75.4. The van der Waals surface area contributed by atoms with Crippen molar-refractivity contribution in [2.45, 2.75) is 366 Å². The highest BCUT2D eigenvalue weighted by molar-refractivity contribution is 5.76. The van der Waals surface area contributed by atoms with E-state index in [4.69, 9.17) is 0 Å². The molecule has 0 spiro atoms. The van der Waals surface area contributed by atoms with Crippen LogP contribution in [0.4, 0.5) is 0 Å². The summed E-state index contributed by atoms with van der Waals surface area (Å²) in [5.74, 6) is -0.318. The Labute approximate surface area is 426 Å². The van der Waals surface area contributed by atoms with Crippen LogP contribution < -0.4 is 5.32 Å². The Morgan fingerprint density at radius 3 is 0.941 bits per heavy atom. The van der Waals surface area contributed by atoms with Crippen LogP contribution >= 0.6 is 0 Å². The highest BCUT2D eigenvalue weighted by atomic mass is 16.3. The van der Waals surface area contributed by atoms with E-state index in [1.165, 1.54) is 289 Å². The SMILES string of the molecule is CCCCCCCCCCCCCCCCCCCCC/C=C/CC/C=C/C(O)C(CO)NC(=O)CC(O)CCCCCCCCCCCCCCCCCCCCCCCCCCCCCC. The minimum Gasteiger partial charge on any atom is -0.394 e. The molecule has 0 aromatic rings. The van der Waals surface area contributed by atoms with E-state index < -0.39 is 18.2 Å². The Hall–Kier alpha value is -1.17. The van der Waals surface area contributed by atoms with Gasteiger partial charge in [-0.15, -0.1) is 0 Å². The van der Waals surface area contributed by atoms with Gasteiger partial charge in [-0.05, 0) is 32.1 Å². The van der Waals surface area contributed by atoms with Crippen LogP contribution in [0, 0.1) is 0 Å². The number of carbonyl (C=O) groups excluding carboxylic acids is 1. The summed E-state index contributed by atoms with van der Waals surface area (Å²) in [6, 6.07) is -0.760. The molecule has 3 unspecified atom stereocenters. The number of unbranched alkanes of at least 4 members (excludes halogenated alkanes) is 47. The molecule has 1 amide bonds. The first kappa shape index (κ1) is 66.8. The zero-order valence-corrected chi connectivity index (χ0v) is 46.3. The van der Waals surface area contributed by atoms with Crippen molar-refractivity contribution in [2.75, 3.05) is 6.61 Å². The Morgan fingerprint density at radius 1 is 0.368 bits per heavy atom. The number of rotatable bonds is 58. The average molecular weight is 959 g/mol. The zero-order chi connectivity index (χ0) is 49.3. The normalized spacial score (nSPS) is 13.3. The van der Waals surface area contributed by atoms with Gasteiger partial charge < -0.3 is 20.6 Å². The number of hydrogen-bond acceptors (Lipinski definition) is 4. The molecule has 0 aromatic carbocycles. The predicted molar refractivity (Wildman–Crippen MR) is 301 cm³/mol. The average Bonchev–Trinajstić information content (AvgIpc) is 3.33. The molecule has 0 heterocycles. The fourth-order valence-electron chi connectivity index (χ4n) is 10.0. The smallest absolute Gasteiger partial charge is 0.222 e. The number of carbonyl (C=O) groups is 1. The fraction of sp³-hybridized carbons (Fsp3) is 0.921. The van der Waals surface area contributed by atoms with E-state index in [-0.39, 0.29) is 18.9 Å². The third-order valence-electron chi connectivity index (χ3n) is 14.7. The van der Waals surface area contributed by atoms with Gasteiger partial charge in [0.1, 0.15) is 0 Å². The Bertz CT molecular complexity index is 1010. The number of allylic oxidation sites excluding steroid dienone is 3. The summed E-state index contributed by atoms with van der Waals surface area (Å²) in [7, 11) is 0. The van der Waals surface area contributed by atoms with Gasteiger partial charge in [-0.25, -0.2) is 0 Å². The first-order valence-electron chi connectivity index (χ1n) is 31.1. The van der Waals surface area contributed by atoms with Gasteiger partial charge in [0.2, 0.25) is 5.91 Å². The number of nitrogens with one attached hydrogen (secondary N) is 1. The standard InChI is InChI=1S/C63H123NO4/c1-3-5-7-9-11-13-15-17-19-21-23-25-27-29-30-31-33-34-36-38-40-42-44-46-48-50-52-54-56-60(66)58-63(68)64-61(59-65)62(67)57-55-53-51-49-47-45-43-41-39-37-35-32-28-26-24-22-20-18-16-14-12-10-8-6-4-2/h47,49,55,57,60-62,65-67H,3-46,48,50-54,56,58-59H2,1-2H3,(H,64,68)/b49-47+,57-55+. The summed E-state index contributed by atoms with van der Waals surface area (Å²) in [6.45, 7) is 4.25. The molecule has 5 nitrogen and oxygen atoms in total. The largest absolute Gasteiger partial charge is 0.394 e. The summed E-state index contributed by atoms with van der Waals surface area (Å²) in [5.41, 5.74) is 0. The van der Waals surface area contributed by atoms with E-state index in [2.05, 4.69) is 31.3 Å². The second kappa shape index (κ2) is 58.4. The van der Waals surface area contributed by atoms with Gasteiger partial charge in [-0.2, -0.15) is 0 Å². The molecule has 0 rings (SSSR count). The molecule has 4 N–H and O–H groups in total. The van der Waals surface area contributed by atoms with Gasteiger partial charge in [-0.3, -0.25) is 4.79 Å². The van der Waals surface area contributed by atoms with Crippen LogP contribution in [0.2, 0.25) is 0 Å². The van der Waals surface area contributed by atoms with Gasteiger partial charge >= 0.3 is 0 Å². The van der Waals surface area contributed by atoms with Crippen molar-refractivity contribution in [1.82, 2.24) is 5.32 Å². The van der Waals surface area contributed by atoms with Crippen molar-refractivity contribution in [3.63, 3.8) is 0 Å². The monoisotopic (exact) mass is 958 g/mol. The van der Waals surface area contributed by atoms with E-state index in [0.29, 0.717) is 6.42 Å². The first-order chi connectivity index (χ1) is 33.5. The third-order valence-corrected chi connectivity index (χ3v) is 14.7. The molecule has 0 aliphatic heterocycles. The number of aliphatic hydroxyl groups is 3. The maximum absolute atomic E-state index is 12.5. The summed E-state index contributed by atoms with van der Waals surface area (Å²) >= 11 is 0. The van der Waals surface area contributed by atoms with Crippen LogP contribution in [0.15, 0.2) is 24.3 Å². The molecule has 68 heavy (non-hydrogen) atoms. The van der Waals surface area contributed by atoms with E-state index >= 15 is 0 Å². The van der Waals surface area contributed by atoms with Crippen LogP contribution in [-0.2, 0) is 4.79 Å². The van der Waals surface area contributed by atoms with Crippen LogP contribution in [-0.4, -0.2) is 46.1 Å². The molecule has 0 aliphatic carbocycles. The van der Waals surface area contributed by atoms with E-state index in [1.807, 2.05) is 6.08 Å². The summed E-state index contributed by atoms with van der Waals surface area (Å²) in [5, 5.41) is 33.5. The van der Waals surface area contributed by atoms with Gasteiger partial charge in [-0.1, -0.05) is 334 Å².